The quantitative estimate of drug-likeness (QED) is 0.401. The molecule has 2 atom stereocenters. The zero-order valence-corrected chi connectivity index (χ0v) is 13.8. The van der Waals surface area contributed by atoms with Gasteiger partial charge in [0.1, 0.15) is 5.78 Å². The van der Waals surface area contributed by atoms with Crippen LogP contribution in [0.1, 0.15) is 64.7 Å². The summed E-state index contributed by atoms with van der Waals surface area (Å²) in [6, 6.07) is 0. The molecule has 1 saturated carbocycles. The summed E-state index contributed by atoms with van der Waals surface area (Å²) in [5, 5.41) is 8.54. The van der Waals surface area contributed by atoms with E-state index in [1.807, 2.05) is 6.08 Å². The van der Waals surface area contributed by atoms with E-state index in [0.29, 0.717) is 25.7 Å². The monoisotopic (exact) mass is 318 g/mol. The number of carboxylic acid groups (broad SMARTS) is 1. The Morgan fingerprint density at radius 2 is 2.04 bits per heavy atom. The lowest BCUT2D eigenvalue weighted by atomic mass is 9.91. The van der Waals surface area contributed by atoms with Crippen LogP contribution >= 0.6 is 0 Å². The molecule has 1 aliphatic rings. The van der Waals surface area contributed by atoms with Crippen molar-refractivity contribution in [2.24, 2.45) is 11.8 Å². The molecule has 0 radical (unpaired) electrons. The predicted octanol–water partition coefficient (Wildman–Crippen LogP) is 3.55. The van der Waals surface area contributed by atoms with Crippen LogP contribution in [-0.4, -0.2) is 22.6 Å². The third-order valence-corrected chi connectivity index (χ3v) is 4.12. The number of hydrogen-bond acceptors (Lipinski definition) is 3. The van der Waals surface area contributed by atoms with Gasteiger partial charge in [0, 0.05) is 31.6 Å². The number of allylic oxidation sites excluding steroid dienone is 2. The van der Waals surface area contributed by atoms with Crippen LogP contribution in [0.4, 0.5) is 0 Å². The van der Waals surface area contributed by atoms with Gasteiger partial charge in [-0.25, -0.2) is 0 Å². The lowest BCUT2D eigenvalue weighted by Gasteiger charge is -2.11. The van der Waals surface area contributed by atoms with Crippen LogP contribution in [-0.2, 0) is 14.4 Å². The van der Waals surface area contributed by atoms with Gasteiger partial charge in [0.2, 0.25) is 0 Å². The third kappa shape index (κ3) is 7.78. The summed E-state index contributed by atoms with van der Waals surface area (Å²) >= 11 is 0. The molecule has 1 aliphatic carbocycles. The Morgan fingerprint density at radius 1 is 1.26 bits per heavy atom. The normalized spacial score (nSPS) is 20.5. The average molecular weight is 318 g/mol. The maximum absolute atomic E-state index is 11.9. The van der Waals surface area contributed by atoms with E-state index >= 15 is 0 Å². The molecule has 4 heteroatoms. The van der Waals surface area contributed by atoms with Gasteiger partial charge >= 0.3 is 5.97 Å². The van der Waals surface area contributed by atoms with Crippen LogP contribution < -0.4 is 0 Å². The first kappa shape index (κ1) is 19.2. The van der Waals surface area contributed by atoms with Crippen molar-refractivity contribution in [1.29, 1.82) is 0 Å². The number of carbonyl (C=O) groups excluding carboxylic acids is 2. The minimum Gasteiger partial charge on any atom is -0.481 e. The Kier molecular flexibility index (Phi) is 8.97. The van der Waals surface area contributed by atoms with Crippen LogP contribution in [0, 0.1) is 23.7 Å². The summed E-state index contributed by atoms with van der Waals surface area (Å²) in [5.74, 6) is 5.14. The second-order valence-corrected chi connectivity index (χ2v) is 6.01. The molecule has 2 unspecified atom stereocenters. The molecular formula is C19H26O4. The number of aliphatic carboxylic acids is 1. The molecule has 0 amide bonds. The lowest BCUT2D eigenvalue weighted by Crippen LogP contribution is -2.12. The highest BCUT2D eigenvalue weighted by Gasteiger charge is 2.32. The summed E-state index contributed by atoms with van der Waals surface area (Å²) in [6.45, 7) is 2.10. The zero-order chi connectivity index (χ0) is 17.1. The van der Waals surface area contributed by atoms with Crippen molar-refractivity contribution in [3.8, 4) is 11.8 Å². The highest BCUT2D eigenvalue weighted by Crippen LogP contribution is 2.32. The Balaban J connectivity index is 2.45. The molecule has 23 heavy (non-hydrogen) atoms. The first-order valence-corrected chi connectivity index (χ1v) is 8.45. The van der Waals surface area contributed by atoms with E-state index in [1.54, 1.807) is 6.08 Å². The largest absolute Gasteiger partial charge is 0.481 e. The fraction of sp³-hybridized carbons (Fsp3) is 0.632. The van der Waals surface area contributed by atoms with Crippen LogP contribution in [0.3, 0.4) is 0 Å². The molecule has 1 fully saturated rings. The van der Waals surface area contributed by atoms with E-state index in [2.05, 4.69) is 18.8 Å². The lowest BCUT2D eigenvalue weighted by molar-refractivity contribution is -0.136. The number of carbonyl (C=O) groups is 3. The Labute approximate surface area is 138 Å². The molecule has 0 bridgehead atoms. The van der Waals surface area contributed by atoms with Gasteiger partial charge in [0.05, 0.1) is 6.42 Å². The molecule has 126 valence electrons. The molecular weight excluding hydrogens is 292 g/mol. The van der Waals surface area contributed by atoms with Crippen molar-refractivity contribution in [1.82, 2.24) is 0 Å². The molecule has 0 aliphatic heterocycles. The molecule has 0 aromatic heterocycles. The van der Waals surface area contributed by atoms with E-state index in [9.17, 15) is 14.4 Å². The van der Waals surface area contributed by atoms with Crippen molar-refractivity contribution in [2.45, 2.75) is 64.7 Å². The van der Waals surface area contributed by atoms with Crippen molar-refractivity contribution < 1.29 is 19.5 Å². The van der Waals surface area contributed by atoms with E-state index < -0.39 is 5.97 Å². The maximum atomic E-state index is 11.9. The molecule has 0 spiro atoms. The molecule has 0 heterocycles. The molecule has 1 N–H and O–H groups in total. The van der Waals surface area contributed by atoms with Gasteiger partial charge in [0.15, 0.2) is 5.78 Å². The van der Waals surface area contributed by atoms with Gasteiger partial charge in [-0.2, -0.15) is 0 Å². The van der Waals surface area contributed by atoms with Crippen molar-refractivity contribution >= 4 is 17.5 Å². The first-order chi connectivity index (χ1) is 11.0. The molecule has 0 aromatic carbocycles. The number of ketones is 2. The van der Waals surface area contributed by atoms with E-state index in [0.717, 1.165) is 25.7 Å². The van der Waals surface area contributed by atoms with Crippen LogP contribution in [0.25, 0.3) is 0 Å². The smallest absolute Gasteiger partial charge is 0.304 e. The van der Waals surface area contributed by atoms with Crippen molar-refractivity contribution in [3.05, 3.63) is 12.2 Å². The number of Topliss-reactive ketones (excluding diaryl/α,β-unsaturated/α-hetero) is 1. The van der Waals surface area contributed by atoms with Gasteiger partial charge in [-0.1, -0.05) is 25.8 Å². The summed E-state index contributed by atoms with van der Waals surface area (Å²) < 4.78 is 0. The van der Waals surface area contributed by atoms with E-state index in [-0.39, 0.29) is 29.8 Å². The SMILES string of the molecule is CCCCCC(=O)C=CC1CCC(=O)C1CC#CCCC(=O)O. The standard InChI is InChI=1S/C19H26O4/c1-2-3-5-8-16(20)13-11-15-12-14-18(21)17(15)9-6-4-7-10-19(22)23/h11,13,15,17H,2-3,5,7-10,12,14H2,1H3,(H,22,23). The minimum atomic E-state index is -0.862. The Hall–Kier alpha value is -1.89. The van der Waals surface area contributed by atoms with Gasteiger partial charge < -0.3 is 5.11 Å². The minimum absolute atomic E-state index is 0.0290. The predicted molar refractivity (Wildman–Crippen MR) is 88.8 cm³/mol. The second-order valence-electron chi connectivity index (χ2n) is 6.01. The Morgan fingerprint density at radius 3 is 2.74 bits per heavy atom. The van der Waals surface area contributed by atoms with Gasteiger partial charge in [-0.05, 0) is 24.8 Å². The second kappa shape index (κ2) is 10.8. The third-order valence-electron chi connectivity index (χ3n) is 4.12. The fourth-order valence-corrected chi connectivity index (χ4v) is 2.73. The van der Waals surface area contributed by atoms with Crippen molar-refractivity contribution in [2.75, 3.05) is 0 Å². The highest BCUT2D eigenvalue weighted by atomic mass is 16.4. The number of unbranched alkanes of at least 4 members (excludes halogenated alkanes) is 2. The summed E-state index contributed by atoms with van der Waals surface area (Å²) in [6.07, 6.45) is 9.27. The average Bonchev–Trinajstić information content (AvgIpc) is 2.85. The zero-order valence-electron chi connectivity index (χ0n) is 13.8. The van der Waals surface area contributed by atoms with Crippen LogP contribution in [0.5, 0.6) is 0 Å². The van der Waals surface area contributed by atoms with Crippen molar-refractivity contribution in [3.63, 3.8) is 0 Å². The molecule has 4 nitrogen and oxygen atoms in total. The summed E-state index contributed by atoms with van der Waals surface area (Å²) in [7, 11) is 0. The van der Waals surface area contributed by atoms with Gasteiger partial charge in [-0.15, -0.1) is 11.8 Å². The number of rotatable bonds is 9. The molecule has 1 rings (SSSR count). The number of hydrogen-bond donors (Lipinski definition) is 1. The maximum Gasteiger partial charge on any atom is 0.304 e. The summed E-state index contributed by atoms with van der Waals surface area (Å²) in [5.41, 5.74) is 0. The molecule has 0 saturated heterocycles. The topological polar surface area (TPSA) is 71.4 Å². The number of carboxylic acids is 1. The van der Waals surface area contributed by atoms with Gasteiger partial charge in [0.25, 0.3) is 0 Å². The summed E-state index contributed by atoms with van der Waals surface area (Å²) in [4.78, 5) is 34.1. The molecule has 0 aromatic rings. The van der Waals surface area contributed by atoms with E-state index in [1.165, 1.54) is 0 Å². The van der Waals surface area contributed by atoms with Crippen LogP contribution in [0.2, 0.25) is 0 Å². The van der Waals surface area contributed by atoms with Crippen LogP contribution in [0.15, 0.2) is 12.2 Å². The first-order valence-electron chi connectivity index (χ1n) is 8.45. The highest BCUT2D eigenvalue weighted by molar-refractivity contribution is 5.90. The van der Waals surface area contributed by atoms with E-state index in [4.69, 9.17) is 5.11 Å². The van der Waals surface area contributed by atoms with Gasteiger partial charge in [-0.3, -0.25) is 14.4 Å². The fourth-order valence-electron chi connectivity index (χ4n) is 2.73. The Bertz CT molecular complexity index is 507.